The summed E-state index contributed by atoms with van der Waals surface area (Å²) < 4.78 is 5.21. The molecule has 22 heavy (non-hydrogen) atoms. The number of aliphatic imine (C=N–C) groups is 1. The molecule has 0 aliphatic rings. The van der Waals surface area contributed by atoms with Gasteiger partial charge in [0.25, 0.3) is 0 Å². The summed E-state index contributed by atoms with van der Waals surface area (Å²) in [5, 5.41) is 2.76. The second kappa shape index (κ2) is 8.46. The van der Waals surface area contributed by atoms with Crippen molar-refractivity contribution in [2.24, 2.45) is 10.7 Å². The van der Waals surface area contributed by atoms with Gasteiger partial charge in [0.15, 0.2) is 0 Å². The number of rotatable bonds is 8. The lowest BCUT2D eigenvalue weighted by Gasteiger charge is -2.37. The van der Waals surface area contributed by atoms with Crippen molar-refractivity contribution >= 4 is 12.4 Å². The van der Waals surface area contributed by atoms with Crippen LogP contribution >= 0.6 is 0 Å². The zero-order valence-corrected chi connectivity index (χ0v) is 14.5. The highest BCUT2D eigenvalue weighted by Gasteiger charge is 2.26. The normalized spacial score (nSPS) is 14.2. The number of hydrogen-bond acceptors (Lipinski definition) is 4. The summed E-state index contributed by atoms with van der Waals surface area (Å²) in [4.78, 5) is 17.6. The molecule has 6 heteroatoms. The Bertz CT molecular complexity index is 426. The van der Waals surface area contributed by atoms with E-state index in [-0.39, 0.29) is 11.4 Å². The van der Waals surface area contributed by atoms with E-state index in [4.69, 9.17) is 10.5 Å². The average molecular weight is 310 g/mol. The van der Waals surface area contributed by atoms with Crippen molar-refractivity contribution in [3.8, 4) is 0 Å². The van der Waals surface area contributed by atoms with E-state index in [9.17, 15) is 4.79 Å². The fourth-order valence-electron chi connectivity index (χ4n) is 1.78. The molecule has 0 saturated carbocycles. The van der Waals surface area contributed by atoms with E-state index in [0.717, 1.165) is 6.42 Å². The van der Waals surface area contributed by atoms with E-state index in [1.54, 1.807) is 6.34 Å². The summed E-state index contributed by atoms with van der Waals surface area (Å²) in [6.07, 6.45) is 4.51. The van der Waals surface area contributed by atoms with Gasteiger partial charge in [0.2, 0.25) is 0 Å². The topological polar surface area (TPSA) is 80.0 Å². The van der Waals surface area contributed by atoms with Crippen LogP contribution in [0.3, 0.4) is 0 Å². The quantitative estimate of drug-likeness (QED) is 0.410. The Morgan fingerprint density at radius 1 is 1.41 bits per heavy atom. The summed E-state index contributed by atoms with van der Waals surface area (Å²) in [5.41, 5.74) is 4.70. The second-order valence-corrected chi connectivity index (χ2v) is 6.52. The number of alkyl carbamates (subject to hydrolysis) is 1. The van der Waals surface area contributed by atoms with Gasteiger partial charge in [0.1, 0.15) is 11.4 Å². The number of ether oxygens (including phenoxy) is 1. The minimum atomic E-state index is -0.501. The number of hydrogen-bond donors (Lipinski definition) is 2. The van der Waals surface area contributed by atoms with Crippen LogP contribution in [0.15, 0.2) is 30.0 Å². The molecule has 0 radical (unpaired) electrons. The van der Waals surface area contributed by atoms with Crippen LogP contribution in [0.4, 0.5) is 4.79 Å². The van der Waals surface area contributed by atoms with Crippen LogP contribution in [0.2, 0.25) is 0 Å². The Kier molecular flexibility index (Phi) is 7.70. The van der Waals surface area contributed by atoms with Crippen LogP contribution in [-0.2, 0) is 4.74 Å². The SMILES string of the molecule is C=CCC(C)(CCNC(=O)OC(C)(C)C)N(C)/C=N\C(=C)N. The van der Waals surface area contributed by atoms with Crippen molar-refractivity contribution in [1.82, 2.24) is 10.2 Å². The number of nitrogens with two attached hydrogens (primary N) is 1. The molecule has 3 N–H and O–H groups in total. The number of carbonyl (C=O) groups is 1. The predicted molar refractivity (Wildman–Crippen MR) is 91.7 cm³/mol. The summed E-state index contributed by atoms with van der Waals surface area (Å²) in [7, 11) is 1.91. The molecule has 0 heterocycles. The van der Waals surface area contributed by atoms with Gasteiger partial charge in [0, 0.05) is 19.1 Å². The Labute approximate surface area is 134 Å². The van der Waals surface area contributed by atoms with Crippen molar-refractivity contribution < 1.29 is 9.53 Å². The van der Waals surface area contributed by atoms with Crippen LogP contribution < -0.4 is 11.1 Å². The fourth-order valence-corrected chi connectivity index (χ4v) is 1.78. The predicted octanol–water partition coefficient (Wildman–Crippen LogP) is 2.63. The zero-order valence-electron chi connectivity index (χ0n) is 14.5. The molecule has 0 bridgehead atoms. The Balaban J connectivity index is 4.60. The molecule has 0 saturated heterocycles. The fraction of sp³-hybridized carbons (Fsp3) is 0.625. The van der Waals surface area contributed by atoms with Crippen molar-refractivity contribution in [2.45, 2.75) is 51.7 Å². The van der Waals surface area contributed by atoms with Crippen LogP contribution in [-0.4, -0.2) is 42.1 Å². The lowest BCUT2D eigenvalue weighted by atomic mass is 9.92. The number of nitrogens with one attached hydrogen (secondary N) is 1. The summed E-state index contributed by atoms with van der Waals surface area (Å²) in [6.45, 7) is 15.4. The Morgan fingerprint density at radius 3 is 2.45 bits per heavy atom. The molecular formula is C16H30N4O2. The molecule has 126 valence electrons. The largest absolute Gasteiger partial charge is 0.444 e. The van der Waals surface area contributed by atoms with E-state index in [1.165, 1.54) is 0 Å². The first-order chi connectivity index (χ1) is 10.00. The maximum atomic E-state index is 11.7. The van der Waals surface area contributed by atoms with Crippen LogP contribution in [0, 0.1) is 0 Å². The van der Waals surface area contributed by atoms with E-state index in [0.29, 0.717) is 13.0 Å². The summed E-state index contributed by atoms with van der Waals surface area (Å²) in [5.74, 6) is 0.250. The van der Waals surface area contributed by atoms with Gasteiger partial charge in [-0.15, -0.1) is 6.58 Å². The lowest BCUT2D eigenvalue weighted by Crippen LogP contribution is -2.45. The van der Waals surface area contributed by atoms with Crippen LogP contribution in [0.5, 0.6) is 0 Å². The Morgan fingerprint density at radius 2 is 2.00 bits per heavy atom. The highest BCUT2D eigenvalue weighted by Crippen LogP contribution is 2.21. The van der Waals surface area contributed by atoms with Crippen molar-refractivity contribution in [2.75, 3.05) is 13.6 Å². The molecule has 0 aromatic rings. The molecule has 0 aromatic heterocycles. The molecule has 0 rings (SSSR count). The maximum absolute atomic E-state index is 11.7. The molecule has 0 fully saturated rings. The lowest BCUT2D eigenvalue weighted by molar-refractivity contribution is 0.0520. The van der Waals surface area contributed by atoms with Crippen LogP contribution in [0.25, 0.3) is 0 Å². The molecule has 1 unspecified atom stereocenters. The molecule has 1 atom stereocenters. The third kappa shape index (κ3) is 8.34. The van der Waals surface area contributed by atoms with Gasteiger partial charge in [-0.2, -0.15) is 0 Å². The van der Waals surface area contributed by atoms with E-state index in [2.05, 4.69) is 30.4 Å². The number of carbonyl (C=O) groups excluding carboxylic acids is 1. The van der Waals surface area contributed by atoms with E-state index >= 15 is 0 Å². The molecular weight excluding hydrogens is 280 g/mol. The molecule has 1 amide bonds. The van der Waals surface area contributed by atoms with Gasteiger partial charge in [-0.1, -0.05) is 12.7 Å². The average Bonchev–Trinajstić information content (AvgIpc) is 2.33. The first-order valence-electron chi connectivity index (χ1n) is 7.29. The molecule has 0 aliphatic heterocycles. The van der Waals surface area contributed by atoms with Gasteiger partial charge >= 0.3 is 6.09 Å². The van der Waals surface area contributed by atoms with Gasteiger partial charge in [0.05, 0.1) is 6.34 Å². The maximum Gasteiger partial charge on any atom is 0.407 e. The monoisotopic (exact) mass is 310 g/mol. The van der Waals surface area contributed by atoms with Gasteiger partial charge in [-0.3, -0.25) is 0 Å². The number of nitrogens with zero attached hydrogens (tertiary/aromatic N) is 2. The molecule has 0 spiro atoms. The van der Waals surface area contributed by atoms with Crippen molar-refractivity contribution in [1.29, 1.82) is 0 Å². The van der Waals surface area contributed by atoms with Gasteiger partial charge in [-0.05, 0) is 40.5 Å². The minimum absolute atomic E-state index is 0.240. The third-order valence-electron chi connectivity index (χ3n) is 3.16. The molecule has 0 aromatic carbocycles. The summed E-state index contributed by atoms with van der Waals surface area (Å²) in [6, 6.07) is 0. The van der Waals surface area contributed by atoms with Crippen molar-refractivity contribution in [3.05, 3.63) is 25.1 Å². The van der Waals surface area contributed by atoms with E-state index < -0.39 is 11.7 Å². The van der Waals surface area contributed by atoms with Crippen LogP contribution in [0.1, 0.15) is 40.5 Å². The van der Waals surface area contributed by atoms with E-state index in [1.807, 2.05) is 38.8 Å². The number of amides is 1. The third-order valence-corrected chi connectivity index (χ3v) is 3.16. The molecule has 0 aliphatic carbocycles. The minimum Gasteiger partial charge on any atom is -0.444 e. The highest BCUT2D eigenvalue weighted by atomic mass is 16.6. The summed E-state index contributed by atoms with van der Waals surface area (Å²) >= 11 is 0. The smallest absolute Gasteiger partial charge is 0.407 e. The van der Waals surface area contributed by atoms with Crippen molar-refractivity contribution in [3.63, 3.8) is 0 Å². The first-order valence-corrected chi connectivity index (χ1v) is 7.29. The highest BCUT2D eigenvalue weighted by molar-refractivity contribution is 5.67. The Hall–Kier alpha value is -1.98. The first kappa shape index (κ1) is 20.0. The second-order valence-electron chi connectivity index (χ2n) is 6.52. The van der Waals surface area contributed by atoms with Gasteiger partial charge in [-0.25, -0.2) is 9.79 Å². The standard InChI is InChI=1S/C16H30N4O2/c1-8-9-16(6,20(7)12-19-13(2)17)10-11-18-14(21)22-15(3,4)5/h8,12H,1-2,9-11,17H2,3-7H3,(H,18,21)/b19-12-. The zero-order chi connectivity index (χ0) is 17.4. The molecule has 6 nitrogen and oxygen atoms in total. The van der Waals surface area contributed by atoms with Gasteiger partial charge < -0.3 is 20.7 Å².